The number of morpholine rings is 1. The van der Waals surface area contributed by atoms with Crippen molar-refractivity contribution in [1.82, 2.24) is 9.88 Å². The minimum atomic E-state index is -0.954. The average Bonchev–Trinajstić information content (AvgIpc) is 3.08. The van der Waals surface area contributed by atoms with E-state index in [0.29, 0.717) is 30.4 Å². The van der Waals surface area contributed by atoms with Gasteiger partial charge in [-0.1, -0.05) is 12.1 Å². The van der Waals surface area contributed by atoms with Gasteiger partial charge in [-0.05, 0) is 12.1 Å². The van der Waals surface area contributed by atoms with Crippen molar-refractivity contribution in [2.24, 2.45) is 0 Å². The number of ether oxygens (including phenoxy) is 1. The van der Waals surface area contributed by atoms with Gasteiger partial charge in [0.1, 0.15) is 5.82 Å². The molecule has 2 aromatic rings. The summed E-state index contributed by atoms with van der Waals surface area (Å²) < 4.78 is 24.7. The zero-order chi connectivity index (χ0) is 18.5. The molecule has 1 saturated heterocycles. The van der Waals surface area contributed by atoms with Crippen LogP contribution in [0.4, 0.5) is 4.39 Å². The molecule has 2 heterocycles. The van der Waals surface area contributed by atoms with E-state index in [4.69, 9.17) is 14.3 Å². The summed E-state index contributed by atoms with van der Waals surface area (Å²) in [4.78, 5) is 28.8. The highest BCUT2D eigenvalue weighted by molar-refractivity contribution is 5.76. The largest absolute Gasteiger partial charge is 0.481 e. The Kier molecular flexibility index (Phi) is 5.62. The van der Waals surface area contributed by atoms with Gasteiger partial charge in [0.05, 0.1) is 30.9 Å². The quantitative estimate of drug-likeness (QED) is 0.846. The molecule has 1 amide bonds. The number of amides is 1. The minimum absolute atomic E-state index is 0.116. The molecule has 1 N–H and O–H groups in total. The Morgan fingerprint density at radius 3 is 2.92 bits per heavy atom. The normalized spacial score (nSPS) is 17.3. The molecule has 1 atom stereocenters. The molecular weight excluding hydrogens is 343 g/mol. The lowest BCUT2D eigenvalue weighted by Gasteiger charge is -2.32. The summed E-state index contributed by atoms with van der Waals surface area (Å²) in [6, 6.07) is 6.24. The Morgan fingerprint density at radius 1 is 1.35 bits per heavy atom. The zero-order valence-corrected chi connectivity index (χ0v) is 14.1. The van der Waals surface area contributed by atoms with Crippen molar-refractivity contribution in [3.8, 4) is 11.3 Å². The number of benzene rings is 1. The van der Waals surface area contributed by atoms with E-state index in [1.54, 1.807) is 23.1 Å². The number of aliphatic carboxylic acids is 1. The van der Waals surface area contributed by atoms with Gasteiger partial charge in [0.15, 0.2) is 11.7 Å². The number of hydrogen-bond acceptors (Lipinski definition) is 5. The zero-order valence-electron chi connectivity index (χ0n) is 14.1. The summed E-state index contributed by atoms with van der Waals surface area (Å²) in [5, 5.41) is 8.83. The van der Waals surface area contributed by atoms with Crippen molar-refractivity contribution in [3.05, 3.63) is 42.2 Å². The highest BCUT2D eigenvalue weighted by atomic mass is 19.1. The number of hydrogen-bond donors (Lipinski definition) is 1. The average molecular weight is 362 g/mol. The van der Waals surface area contributed by atoms with Crippen molar-refractivity contribution in [2.45, 2.75) is 25.4 Å². The van der Waals surface area contributed by atoms with Gasteiger partial charge in [0.2, 0.25) is 5.91 Å². The van der Waals surface area contributed by atoms with Crippen LogP contribution in [0.2, 0.25) is 0 Å². The van der Waals surface area contributed by atoms with Gasteiger partial charge in [0, 0.05) is 25.9 Å². The summed E-state index contributed by atoms with van der Waals surface area (Å²) in [6.07, 6.45) is 1.29. The van der Waals surface area contributed by atoms with E-state index >= 15 is 0 Å². The van der Waals surface area contributed by atoms with Crippen molar-refractivity contribution in [3.63, 3.8) is 0 Å². The number of halogens is 1. The molecule has 3 rings (SSSR count). The Bertz CT molecular complexity index is 791. The van der Waals surface area contributed by atoms with Gasteiger partial charge in [-0.15, -0.1) is 0 Å². The number of carboxylic acids is 1. The van der Waals surface area contributed by atoms with Crippen molar-refractivity contribution < 1.29 is 28.2 Å². The highest BCUT2D eigenvalue weighted by Gasteiger charge is 2.26. The van der Waals surface area contributed by atoms with E-state index in [0.717, 1.165) is 0 Å². The molecular formula is C18H19FN2O5. The van der Waals surface area contributed by atoms with Crippen LogP contribution in [0.25, 0.3) is 11.3 Å². The van der Waals surface area contributed by atoms with Crippen LogP contribution in [0.3, 0.4) is 0 Å². The lowest BCUT2D eigenvalue weighted by molar-refractivity contribution is -0.147. The number of carboxylic acid groups (broad SMARTS) is 1. The van der Waals surface area contributed by atoms with E-state index < -0.39 is 17.9 Å². The molecule has 0 spiro atoms. The van der Waals surface area contributed by atoms with Crippen LogP contribution >= 0.6 is 0 Å². The van der Waals surface area contributed by atoms with Crippen LogP contribution in [-0.4, -0.2) is 52.7 Å². The Morgan fingerprint density at radius 2 is 2.15 bits per heavy atom. The molecule has 1 aliphatic rings. The molecule has 0 aliphatic carbocycles. The predicted molar refractivity (Wildman–Crippen MR) is 88.8 cm³/mol. The van der Waals surface area contributed by atoms with Gasteiger partial charge < -0.3 is 19.2 Å². The van der Waals surface area contributed by atoms with E-state index in [1.165, 1.54) is 12.3 Å². The fourth-order valence-corrected chi connectivity index (χ4v) is 2.85. The van der Waals surface area contributed by atoms with Crippen LogP contribution in [0, 0.1) is 5.82 Å². The first-order chi connectivity index (χ1) is 12.5. The van der Waals surface area contributed by atoms with E-state index in [-0.39, 0.29) is 31.7 Å². The van der Waals surface area contributed by atoms with Crippen LogP contribution in [0.15, 0.2) is 34.9 Å². The number of oxazole rings is 1. The van der Waals surface area contributed by atoms with E-state index in [2.05, 4.69) is 4.98 Å². The SMILES string of the molecule is O=C(O)C[C@@H]1CN(C(=O)CCc2ncc(-c3ccccc3F)o2)CCO1. The first-order valence-electron chi connectivity index (χ1n) is 8.33. The first kappa shape index (κ1) is 18.1. The van der Waals surface area contributed by atoms with Crippen LogP contribution < -0.4 is 0 Å². The second-order valence-corrected chi connectivity index (χ2v) is 6.03. The second-order valence-electron chi connectivity index (χ2n) is 6.03. The molecule has 8 heteroatoms. The first-order valence-corrected chi connectivity index (χ1v) is 8.33. The summed E-state index contributed by atoms with van der Waals surface area (Å²) in [7, 11) is 0. The minimum Gasteiger partial charge on any atom is -0.481 e. The van der Waals surface area contributed by atoms with Crippen LogP contribution in [-0.2, 0) is 20.7 Å². The fraction of sp³-hybridized carbons (Fsp3) is 0.389. The number of carbonyl (C=O) groups excluding carboxylic acids is 1. The molecule has 1 aromatic heterocycles. The molecule has 0 bridgehead atoms. The molecule has 1 aromatic carbocycles. The molecule has 26 heavy (non-hydrogen) atoms. The van der Waals surface area contributed by atoms with Gasteiger partial charge in [-0.3, -0.25) is 9.59 Å². The maximum atomic E-state index is 13.8. The van der Waals surface area contributed by atoms with E-state index in [9.17, 15) is 14.0 Å². The summed E-state index contributed by atoms with van der Waals surface area (Å²) in [5.41, 5.74) is 0.322. The maximum Gasteiger partial charge on any atom is 0.306 e. The molecule has 7 nitrogen and oxygen atoms in total. The summed E-state index contributed by atoms with van der Waals surface area (Å²) in [5.74, 6) is -0.798. The third-order valence-corrected chi connectivity index (χ3v) is 4.14. The van der Waals surface area contributed by atoms with Gasteiger partial charge in [0.25, 0.3) is 0 Å². The third kappa shape index (κ3) is 4.45. The standard InChI is InChI=1S/C18H19FN2O5/c19-14-4-2-1-3-13(14)15-10-20-16(26-15)5-6-17(22)21-7-8-25-12(11-21)9-18(23)24/h1-4,10,12H,5-9,11H2,(H,23,24)/t12-/m1/s1. The molecule has 0 unspecified atom stereocenters. The number of rotatable bonds is 6. The molecule has 138 valence electrons. The number of carbonyl (C=O) groups is 2. The van der Waals surface area contributed by atoms with Crippen molar-refractivity contribution in [2.75, 3.05) is 19.7 Å². The molecule has 0 saturated carbocycles. The van der Waals surface area contributed by atoms with Gasteiger partial charge in [-0.25, -0.2) is 9.37 Å². The van der Waals surface area contributed by atoms with Crippen LogP contribution in [0.5, 0.6) is 0 Å². The summed E-state index contributed by atoms with van der Waals surface area (Å²) >= 11 is 0. The molecule has 0 radical (unpaired) electrons. The highest BCUT2D eigenvalue weighted by Crippen LogP contribution is 2.23. The second kappa shape index (κ2) is 8.09. The fourth-order valence-electron chi connectivity index (χ4n) is 2.85. The van der Waals surface area contributed by atoms with Gasteiger partial charge in [-0.2, -0.15) is 0 Å². The Labute approximate surface area is 149 Å². The molecule has 1 aliphatic heterocycles. The lowest BCUT2D eigenvalue weighted by Crippen LogP contribution is -2.46. The third-order valence-electron chi connectivity index (χ3n) is 4.14. The maximum absolute atomic E-state index is 13.8. The van der Waals surface area contributed by atoms with Gasteiger partial charge >= 0.3 is 5.97 Å². The number of nitrogens with zero attached hydrogens (tertiary/aromatic N) is 2. The monoisotopic (exact) mass is 362 g/mol. The molecule has 1 fully saturated rings. The number of aryl methyl sites for hydroxylation is 1. The smallest absolute Gasteiger partial charge is 0.306 e. The summed E-state index contributed by atoms with van der Waals surface area (Å²) in [6.45, 7) is 1.01. The predicted octanol–water partition coefficient (Wildman–Crippen LogP) is 2.12. The topological polar surface area (TPSA) is 92.9 Å². The lowest BCUT2D eigenvalue weighted by atomic mass is 10.2. The Hall–Kier alpha value is -2.74. The number of aromatic nitrogens is 1. The van der Waals surface area contributed by atoms with Crippen molar-refractivity contribution in [1.29, 1.82) is 0 Å². The van der Waals surface area contributed by atoms with Crippen LogP contribution in [0.1, 0.15) is 18.7 Å². The Balaban J connectivity index is 1.55. The van der Waals surface area contributed by atoms with E-state index in [1.807, 2.05) is 0 Å². The van der Waals surface area contributed by atoms with Crippen molar-refractivity contribution >= 4 is 11.9 Å².